The van der Waals surface area contributed by atoms with Gasteiger partial charge in [-0.25, -0.2) is 4.79 Å². The van der Waals surface area contributed by atoms with Gasteiger partial charge in [0.25, 0.3) is 0 Å². The number of hydrogen-bond donors (Lipinski definition) is 3. The van der Waals surface area contributed by atoms with Gasteiger partial charge in [-0.2, -0.15) is 0 Å². The fraction of sp³-hybridized carbons (Fsp3) is 0.500. The number of carbonyl (C=O) groups excluding carboxylic acids is 2. The number of carbonyl (C=O) groups is 2. The molecule has 0 aromatic rings. The van der Waals surface area contributed by atoms with Gasteiger partial charge in [0, 0.05) is 6.08 Å². The second kappa shape index (κ2) is 5.98. The number of aliphatic hydroxyl groups is 2. The maximum absolute atomic E-state index is 11.0. The summed E-state index contributed by atoms with van der Waals surface area (Å²) < 4.78 is 4.31. The summed E-state index contributed by atoms with van der Waals surface area (Å²) in [4.78, 5) is 21.9. The monoisotopic (exact) mass is 203 g/mol. The van der Waals surface area contributed by atoms with Crippen molar-refractivity contribution in [1.82, 2.24) is 5.32 Å². The van der Waals surface area contributed by atoms with E-state index in [-0.39, 0.29) is 5.76 Å². The number of methoxy groups -OCH3 is 1. The molecule has 0 aromatic carbocycles. The Hall–Kier alpha value is -1.56. The lowest BCUT2D eigenvalue weighted by molar-refractivity contribution is -0.145. The van der Waals surface area contributed by atoms with Crippen LogP contribution >= 0.6 is 0 Å². The third-order valence-corrected chi connectivity index (χ3v) is 1.32. The highest BCUT2D eigenvalue weighted by Gasteiger charge is 2.19. The number of nitrogens with one attached hydrogen (secondary N) is 1. The number of rotatable bonds is 4. The first-order valence-corrected chi connectivity index (χ1v) is 3.87. The Morgan fingerprint density at radius 1 is 1.57 bits per heavy atom. The van der Waals surface area contributed by atoms with Gasteiger partial charge in [0.15, 0.2) is 6.04 Å². The van der Waals surface area contributed by atoms with Crippen LogP contribution in [0.1, 0.15) is 6.92 Å². The molecule has 0 fully saturated rings. The molecule has 1 atom stereocenters. The lowest BCUT2D eigenvalue weighted by Gasteiger charge is -2.11. The molecule has 0 saturated heterocycles. The van der Waals surface area contributed by atoms with Crippen molar-refractivity contribution >= 4 is 11.9 Å². The predicted octanol–water partition coefficient (Wildman–Crippen LogP) is -0.902. The topological polar surface area (TPSA) is 95.9 Å². The summed E-state index contributed by atoms with van der Waals surface area (Å²) in [7, 11) is 1.14. The fourth-order valence-corrected chi connectivity index (χ4v) is 0.724. The van der Waals surface area contributed by atoms with E-state index in [1.165, 1.54) is 6.92 Å². The van der Waals surface area contributed by atoms with Gasteiger partial charge in [0.2, 0.25) is 5.91 Å². The lowest BCUT2D eigenvalue weighted by atomic mass is 10.3. The Bertz CT molecular complexity index is 244. The Kier molecular flexibility index (Phi) is 5.31. The fourth-order valence-electron chi connectivity index (χ4n) is 0.724. The van der Waals surface area contributed by atoms with Crippen molar-refractivity contribution in [1.29, 1.82) is 0 Å². The van der Waals surface area contributed by atoms with Crippen molar-refractivity contribution in [3.05, 3.63) is 11.8 Å². The number of amides is 1. The van der Waals surface area contributed by atoms with Crippen molar-refractivity contribution in [2.24, 2.45) is 0 Å². The smallest absolute Gasteiger partial charge is 0.330 e. The van der Waals surface area contributed by atoms with Crippen LogP contribution in [-0.2, 0) is 14.3 Å². The van der Waals surface area contributed by atoms with Gasteiger partial charge in [-0.15, -0.1) is 0 Å². The van der Waals surface area contributed by atoms with Crippen LogP contribution in [0.5, 0.6) is 0 Å². The average molecular weight is 203 g/mol. The first kappa shape index (κ1) is 12.4. The van der Waals surface area contributed by atoms with E-state index in [1.807, 2.05) is 0 Å². The molecule has 14 heavy (non-hydrogen) atoms. The van der Waals surface area contributed by atoms with Crippen molar-refractivity contribution < 1.29 is 24.5 Å². The Morgan fingerprint density at radius 2 is 2.14 bits per heavy atom. The number of aliphatic hydroxyl groups excluding tert-OH is 2. The molecule has 0 spiro atoms. The molecule has 3 N–H and O–H groups in total. The minimum atomic E-state index is -1.11. The summed E-state index contributed by atoms with van der Waals surface area (Å²) in [5.41, 5.74) is 0. The summed E-state index contributed by atoms with van der Waals surface area (Å²) >= 11 is 0. The molecule has 0 aromatic heterocycles. The van der Waals surface area contributed by atoms with Crippen LogP contribution in [0.2, 0.25) is 0 Å². The van der Waals surface area contributed by atoms with Gasteiger partial charge >= 0.3 is 5.97 Å². The maximum atomic E-state index is 11.0. The molecular weight excluding hydrogens is 190 g/mol. The summed E-state index contributed by atoms with van der Waals surface area (Å²) in [6.45, 7) is 0.752. The van der Waals surface area contributed by atoms with Crippen LogP contribution in [0, 0.1) is 0 Å². The zero-order valence-corrected chi connectivity index (χ0v) is 7.98. The first-order chi connectivity index (χ1) is 6.51. The van der Waals surface area contributed by atoms with E-state index in [2.05, 4.69) is 10.1 Å². The largest absolute Gasteiger partial charge is 0.512 e. The van der Waals surface area contributed by atoms with E-state index >= 15 is 0 Å². The summed E-state index contributed by atoms with van der Waals surface area (Å²) in [5, 5.41) is 19.6. The molecule has 0 aliphatic rings. The summed E-state index contributed by atoms with van der Waals surface area (Å²) in [6, 6.07) is -1.11. The van der Waals surface area contributed by atoms with Crippen molar-refractivity contribution in [2.45, 2.75) is 13.0 Å². The summed E-state index contributed by atoms with van der Waals surface area (Å²) in [5.74, 6) is -1.61. The van der Waals surface area contributed by atoms with Crippen molar-refractivity contribution in [3.63, 3.8) is 0 Å². The Morgan fingerprint density at radius 3 is 2.50 bits per heavy atom. The highest BCUT2D eigenvalue weighted by molar-refractivity contribution is 5.91. The molecule has 1 amide bonds. The SMILES string of the molecule is COC(=O)[C@H](CO)NC(=O)C=C(C)O. The van der Waals surface area contributed by atoms with E-state index in [0.29, 0.717) is 0 Å². The molecule has 6 heteroatoms. The maximum Gasteiger partial charge on any atom is 0.330 e. The molecule has 0 radical (unpaired) electrons. The number of hydrogen-bond acceptors (Lipinski definition) is 5. The third kappa shape index (κ3) is 4.46. The predicted molar refractivity (Wildman–Crippen MR) is 47.4 cm³/mol. The highest BCUT2D eigenvalue weighted by Crippen LogP contribution is 1.89. The number of allylic oxidation sites excluding steroid dienone is 1. The quantitative estimate of drug-likeness (QED) is 0.312. The normalized spacial score (nSPS) is 13.2. The molecule has 0 saturated carbocycles. The van der Waals surface area contributed by atoms with Crippen LogP contribution in [0.3, 0.4) is 0 Å². The van der Waals surface area contributed by atoms with E-state index < -0.39 is 24.5 Å². The van der Waals surface area contributed by atoms with Crippen molar-refractivity contribution in [3.8, 4) is 0 Å². The summed E-state index contributed by atoms with van der Waals surface area (Å²) in [6.07, 6.45) is 0.894. The molecule has 0 bridgehead atoms. The van der Waals surface area contributed by atoms with Crippen LogP contribution < -0.4 is 5.32 Å². The van der Waals surface area contributed by atoms with E-state index in [4.69, 9.17) is 10.2 Å². The van der Waals surface area contributed by atoms with Gasteiger partial charge in [-0.3, -0.25) is 4.79 Å². The van der Waals surface area contributed by atoms with E-state index in [0.717, 1.165) is 13.2 Å². The Labute approximate surface area is 81.2 Å². The standard InChI is InChI=1S/C8H13NO5/c1-5(11)3-7(12)9-6(4-10)8(13)14-2/h3,6,10-11H,4H2,1-2H3,(H,9,12)/t6-/m0/s1. The van der Waals surface area contributed by atoms with Gasteiger partial charge < -0.3 is 20.3 Å². The number of esters is 1. The molecule has 0 rings (SSSR count). The van der Waals surface area contributed by atoms with Crippen LogP contribution in [0.25, 0.3) is 0 Å². The molecule has 6 nitrogen and oxygen atoms in total. The average Bonchev–Trinajstić information content (AvgIpc) is 2.11. The van der Waals surface area contributed by atoms with Gasteiger partial charge in [-0.1, -0.05) is 0 Å². The van der Waals surface area contributed by atoms with Crippen LogP contribution in [0.4, 0.5) is 0 Å². The molecule has 0 aliphatic carbocycles. The van der Waals surface area contributed by atoms with Gasteiger partial charge in [-0.05, 0) is 6.92 Å². The minimum Gasteiger partial charge on any atom is -0.512 e. The first-order valence-electron chi connectivity index (χ1n) is 3.87. The van der Waals surface area contributed by atoms with Crippen molar-refractivity contribution in [2.75, 3.05) is 13.7 Å². The lowest BCUT2D eigenvalue weighted by Crippen LogP contribution is -2.43. The highest BCUT2D eigenvalue weighted by atomic mass is 16.5. The van der Waals surface area contributed by atoms with Gasteiger partial charge in [0.1, 0.15) is 0 Å². The second-order valence-electron chi connectivity index (χ2n) is 2.55. The van der Waals surface area contributed by atoms with Crippen LogP contribution in [0.15, 0.2) is 11.8 Å². The molecule has 0 heterocycles. The molecular formula is C8H13NO5. The molecule has 0 unspecified atom stereocenters. The second-order valence-corrected chi connectivity index (χ2v) is 2.55. The third-order valence-electron chi connectivity index (χ3n) is 1.32. The number of ether oxygens (including phenoxy) is 1. The minimum absolute atomic E-state index is 0.191. The zero-order valence-electron chi connectivity index (χ0n) is 7.98. The van der Waals surface area contributed by atoms with Gasteiger partial charge in [0.05, 0.1) is 19.5 Å². The Balaban J connectivity index is 4.26. The molecule has 80 valence electrons. The zero-order chi connectivity index (χ0) is 11.1. The molecule has 0 aliphatic heterocycles. The van der Waals surface area contributed by atoms with E-state index in [1.54, 1.807) is 0 Å². The van der Waals surface area contributed by atoms with E-state index in [9.17, 15) is 9.59 Å². The van der Waals surface area contributed by atoms with Crippen LogP contribution in [-0.4, -0.2) is 41.8 Å².